The van der Waals surface area contributed by atoms with Gasteiger partial charge < -0.3 is 4.42 Å². The van der Waals surface area contributed by atoms with Crippen LogP contribution in [0.25, 0.3) is 33.2 Å². The highest BCUT2D eigenvalue weighted by Crippen LogP contribution is 2.40. The molecule has 0 bridgehead atoms. The van der Waals surface area contributed by atoms with Crippen LogP contribution in [0.15, 0.2) is 59.0 Å². The topological polar surface area (TPSA) is 13.1 Å². The van der Waals surface area contributed by atoms with Crippen molar-refractivity contribution in [1.82, 2.24) is 0 Å². The van der Waals surface area contributed by atoms with Gasteiger partial charge in [0.05, 0.1) is 0 Å². The second kappa shape index (κ2) is 5.10. The molecule has 0 spiro atoms. The molecule has 0 saturated heterocycles. The van der Waals surface area contributed by atoms with E-state index in [-0.39, 0.29) is 0 Å². The summed E-state index contributed by atoms with van der Waals surface area (Å²) in [4.78, 5) is 0. The highest BCUT2D eigenvalue weighted by molar-refractivity contribution is 5.95. The molecule has 0 aliphatic heterocycles. The van der Waals surface area contributed by atoms with Crippen molar-refractivity contribution in [3.63, 3.8) is 0 Å². The number of aryl methyl sites for hydroxylation is 3. The Labute approximate surface area is 147 Å². The lowest BCUT2D eigenvalue weighted by Gasteiger charge is -2.07. The highest BCUT2D eigenvalue weighted by Gasteiger charge is 2.20. The summed E-state index contributed by atoms with van der Waals surface area (Å²) >= 11 is 0. The second-order valence-electron chi connectivity index (χ2n) is 7.17. The van der Waals surface area contributed by atoms with Crippen molar-refractivity contribution in [1.29, 1.82) is 0 Å². The number of para-hydroxylation sites is 1. The van der Waals surface area contributed by atoms with Gasteiger partial charge in [-0.3, -0.25) is 0 Å². The van der Waals surface area contributed by atoms with Crippen molar-refractivity contribution in [2.24, 2.45) is 0 Å². The second-order valence-corrected chi connectivity index (χ2v) is 7.17. The number of rotatable bonds is 1. The maximum absolute atomic E-state index is 6.08. The van der Waals surface area contributed by atoms with Crippen molar-refractivity contribution in [3.05, 3.63) is 82.6 Å². The fourth-order valence-electron chi connectivity index (χ4n) is 4.10. The summed E-state index contributed by atoms with van der Waals surface area (Å²) in [6.45, 7) is 6.34. The monoisotopic (exact) mass is 324 g/mol. The molecule has 1 nitrogen and oxygen atoms in total. The van der Waals surface area contributed by atoms with E-state index in [0.29, 0.717) is 0 Å². The van der Waals surface area contributed by atoms with Gasteiger partial charge in [0.25, 0.3) is 0 Å². The Morgan fingerprint density at radius 1 is 0.760 bits per heavy atom. The molecule has 0 fully saturated rings. The third-order valence-corrected chi connectivity index (χ3v) is 5.55. The van der Waals surface area contributed by atoms with Crippen LogP contribution in [0, 0.1) is 20.8 Å². The predicted molar refractivity (Wildman–Crippen MR) is 104 cm³/mol. The molecule has 1 aliphatic rings. The van der Waals surface area contributed by atoms with Crippen LogP contribution in [-0.4, -0.2) is 0 Å². The van der Waals surface area contributed by atoms with E-state index in [9.17, 15) is 0 Å². The van der Waals surface area contributed by atoms with Gasteiger partial charge in [-0.1, -0.05) is 60.2 Å². The molecule has 0 amide bonds. The summed E-state index contributed by atoms with van der Waals surface area (Å²) in [5.41, 5.74) is 11.6. The highest BCUT2D eigenvalue weighted by atomic mass is 16.3. The van der Waals surface area contributed by atoms with E-state index in [2.05, 4.69) is 68.4 Å². The first-order chi connectivity index (χ1) is 12.1. The Kier molecular flexibility index (Phi) is 2.96. The van der Waals surface area contributed by atoms with Crippen molar-refractivity contribution in [2.45, 2.75) is 27.2 Å². The van der Waals surface area contributed by atoms with Gasteiger partial charge in [0, 0.05) is 10.9 Å². The van der Waals surface area contributed by atoms with E-state index in [1.165, 1.54) is 49.9 Å². The third kappa shape index (κ3) is 2.09. The van der Waals surface area contributed by atoms with Gasteiger partial charge in [-0.2, -0.15) is 0 Å². The lowest BCUT2D eigenvalue weighted by molar-refractivity contribution is 0.576. The first-order valence-electron chi connectivity index (χ1n) is 8.84. The number of fused-ring (bicyclic) bond motifs is 4. The zero-order chi connectivity index (χ0) is 17.1. The summed E-state index contributed by atoms with van der Waals surface area (Å²) in [5.74, 6) is 1.01. The molecule has 5 rings (SSSR count). The molecular formula is C24H20O. The molecule has 1 heterocycles. The van der Waals surface area contributed by atoms with Crippen molar-refractivity contribution < 1.29 is 4.42 Å². The van der Waals surface area contributed by atoms with Gasteiger partial charge in [0.15, 0.2) is 0 Å². The van der Waals surface area contributed by atoms with Gasteiger partial charge in [0.1, 0.15) is 11.3 Å². The summed E-state index contributed by atoms with van der Waals surface area (Å²) in [7, 11) is 0. The average molecular weight is 324 g/mol. The molecule has 25 heavy (non-hydrogen) atoms. The van der Waals surface area contributed by atoms with E-state index in [4.69, 9.17) is 4.42 Å². The maximum atomic E-state index is 6.08. The summed E-state index contributed by atoms with van der Waals surface area (Å²) in [6, 6.07) is 20.1. The Hall–Kier alpha value is -2.80. The molecule has 122 valence electrons. The van der Waals surface area contributed by atoms with Gasteiger partial charge in [0.2, 0.25) is 0 Å². The fraction of sp³-hybridized carbons (Fsp3) is 0.167. The summed E-state index contributed by atoms with van der Waals surface area (Å²) in [5, 5.41) is 1.22. The average Bonchev–Trinajstić information content (AvgIpc) is 3.11. The standard InChI is InChI=1S/C24H20O/c1-14-7-9-21-18(11-14)13-19-12-17(8-10-22(19)21)23-6-4-5-20-15(2)16(3)25-24(20)23/h4-12H,13H2,1-3H3. The van der Waals surface area contributed by atoms with Crippen molar-refractivity contribution in [3.8, 4) is 22.3 Å². The zero-order valence-corrected chi connectivity index (χ0v) is 14.8. The molecule has 0 atom stereocenters. The largest absolute Gasteiger partial charge is 0.460 e. The Morgan fingerprint density at radius 2 is 1.52 bits per heavy atom. The molecule has 1 aromatic heterocycles. The maximum Gasteiger partial charge on any atom is 0.142 e. The van der Waals surface area contributed by atoms with Crippen LogP contribution in [0.3, 0.4) is 0 Å². The molecule has 0 N–H and O–H groups in total. The molecule has 1 aliphatic carbocycles. The molecule has 0 saturated carbocycles. The normalized spacial score (nSPS) is 12.4. The molecule has 0 unspecified atom stereocenters. The summed E-state index contributed by atoms with van der Waals surface area (Å²) in [6.07, 6.45) is 1.02. The number of hydrogen-bond acceptors (Lipinski definition) is 1. The van der Waals surface area contributed by atoms with Crippen LogP contribution >= 0.6 is 0 Å². The Bertz CT molecular complexity index is 1140. The van der Waals surface area contributed by atoms with Crippen LogP contribution in [-0.2, 0) is 6.42 Å². The number of furan rings is 1. The van der Waals surface area contributed by atoms with Crippen molar-refractivity contribution in [2.75, 3.05) is 0 Å². The summed E-state index contributed by atoms with van der Waals surface area (Å²) < 4.78 is 6.08. The van der Waals surface area contributed by atoms with Crippen molar-refractivity contribution >= 4 is 11.0 Å². The minimum Gasteiger partial charge on any atom is -0.460 e. The lowest BCUT2D eigenvalue weighted by atomic mass is 9.97. The van der Waals surface area contributed by atoms with Gasteiger partial charge >= 0.3 is 0 Å². The molecule has 0 radical (unpaired) electrons. The first kappa shape index (κ1) is 14.5. The lowest BCUT2D eigenvalue weighted by Crippen LogP contribution is -1.84. The van der Waals surface area contributed by atoms with Gasteiger partial charge in [-0.25, -0.2) is 0 Å². The molecule has 3 aromatic carbocycles. The van der Waals surface area contributed by atoms with E-state index in [1.807, 2.05) is 6.92 Å². The number of hydrogen-bond donors (Lipinski definition) is 0. The van der Waals surface area contributed by atoms with Crippen LogP contribution in [0.4, 0.5) is 0 Å². The zero-order valence-electron chi connectivity index (χ0n) is 14.8. The predicted octanol–water partition coefficient (Wildman–Crippen LogP) is 6.60. The molecule has 1 heteroatoms. The van der Waals surface area contributed by atoms with E-state index in [0.717, 1.165) is 17.8 Å². The fourth-order valence-corrected chi connectivity index (χ4v) is 4.10. The van der Waals surface area contributed by atoms with Gasteiger partial charge in [-0.15, -0.1) is 0 Å². The number of benzene rings is 3. The third-order valence-electron chi connectivity index (χ3n) is 5.55. The minimum atomic E-state index is 1.00. The first-order valence-corrected chi connectivity index (χ1v) is 8.84. The van der Waals surface area contributed by atoms with E-state index in [1.54, 1.807) is 0 Å². The smallest absolute Gasteiger partial charge is 0.142 e. The van der Waals surface area contributed by atoms with Crippen LogP contribution in [0.5, 0.6) is 0 Å². The molecular weight excluding hydrogens is 304 g/mol. The van der Waals surface area contributed by atoms with Crippen LogP contribution in [0.1, 0.15) is 28.0 Å². The quantitative estimate of drug-likeness (QED) is 0.339. The van der Waals surface area contributed by atoms with Crippen LogP contribution < -0.4 is 0 Å². The Balaban J connectivity index is 1.68. The van der Waals surface area contributed by atoms with Crippen LogP contribution in [0.2, 0.25) is 0 Å². The van der Waals surface area contributed by atoms with E-state index >= 15 is 0 Å². The van der Waals surface area contributed by atoms with E-state index < -0.39 is 0 Å². The molecule has 4 aromatic rings. The van der Waals surface area contributed by atoms with Gasteiger partial charge in [-0.05, 0) is 60.6 Å². The SMILES string of the molecule is Cc1ccc2c(c1)Cc1cc(-c3cccc4c(C)c(C)oc34)ccc1-2. The Morgan fingerprint density at radius 3 is 2.36 bits per heavy atom. The minimum absolute atomic E-state index is 1.00.